The van der Waals surface area contributed by atoms with Crippen LogP contribution in [0.4, 0.5) is 0 Å². The van der Waals surface area contributed by atoms with E-state index in [1.165, 1.54) is 0 Å². The Hall–Kier alpha value is 0. The Morgan fingerprint density at radius 1 is 0.161 bits per heavy atom. The molecule has 0 saturated heterocycles. The maximum absolute atomic E-state index is 2.77. The third-order valence-corrected chi connectivity index (χ3v) is 19.7. The van der Waals surface area contributed by atoms with Gasteiger partial charge in [0, 0.05) is 0 Å². The van der Waals surface area contributed by atoms with E-state index in [1.54, 1.807) is 0 Å². The molecule has 31 heavy (non-hydrogen) atoms. The van der Waals surface area contributed by atoms with Gasteiger partial charge in [0.1, 0.15) is 0 Å². The minimum absolute atomic E-state index is 0.266. The summed E-state index contributed by atoms with van der Waals surface area (Å²) in [4.78, 5) is 0. The molecule has 0 nitrogen and oxygen atoms in total. The van der Waals surface area contributed by atoms with E-state index in [9.17, 15) is 0 Å². The summed E-state index contributed by atoms with van der Waals surface area (Å²) in [5, 5.41) is 0. The average Bonchev–Trinajstić information content (AvgIpc) is 2.71. The standard InChI is InChI=1S/C31H54/c1-19(2)20(3,4)24(11)25(12,21(19,5)6)29(16)28(24,15)30(17)26(13)22(7,8)23(9,10)27(26,14)31(29,30)18/h1-18H3. The van der Waals surface area contributed by atoms with E-state index in [4.69, 9.17) is 0 Å². The molecule has 0 heteroatoms. The zero-order chi connectivity index (χ0) is 24.5. The van der Waals surface area contributed by atoms with Crippen LogP contribution in [0.25, 0.3) is 0 Å². The second kappa shape index (κ2) is 4.15. The molecule has 0 aromatic heterocycles. The van der Waals surface area contributed by atoms with Crippen LogP contribution in [0.15, 0.2) is 0 Å². The van der Waals surface area contributed by atoms with Crippen molar-refractivity contribution in [3.8, 4) is 0 Å². The average molecular weight is 427 g/mol. The molecule has 0 spiro atoms. The summed E-state index contributed by atoms with van der Waals surface area (Å²) in [6, 6.07) is 0. The van der Waals surface area contributed by atoms with Gasteiger partial charge in [-0.1, -0.05) is 125 Å². The molecule has 0 amide bonds. The van der Waals surface area contributed by atoms with Crippen LogP contribution in [0.2, 0.25) is 0 Å². The molecule has 5 fully saturated rings. The zero-order valence-corrected chi connectivity index (χ0v) is 24.5. The SMILES string of the molecule is CC1(C)C(C)(C)C2(C)C(C)(C1(C)C)C1(C)C2(C)C2(C)C3(C)C(C)(C)C(C)(C)C3(C)C12C. The molecule has 0 bridgehead atoms. The van der Waals surface area contributed by atoms with E-state index in [-0.39, 0.29) is 16.2 Å². The molecule has 5 saturated carbocycles. The molecular weight excluding hydrogens is 372 g/mol. The van der Waals surface area contributed by atoms with E-state index < -0.39 is 0 Å². The Balaban J connectivity index is 1.91. The van der Waals surface area contributed by atoms with Gasteiger partial charge in [0.05, 0.1) is 0 Å². The highest BCUT2D eigenvalue weighted by Crippen LogP contribution is 3.18. The normalized spacial score (nSPS) is 66.8. The van der Waals surface area contributed by atoms with E-state index in [0.717, 1.165) is 0 Å². The fraction of sp³-hybridized carbons (Fsp3) is 1.00. The van der Waals surface area contributed by atoms with Gasteiger partial charge in [0.25, 0.3) is 0 Å². The monoisotopic (exact) mass is 426 g/mol. The molecule has 5 aliphatic rings. The second-order valence-corrected chi connectivity index (χ2v) is 17.1. The summed E-state index contributed by atoms with van der Waals surface area (Å²) in [6.07, 6.45) is 0. The van der Waals surface area contributed by atoms with Gasteiger partial charge < -0.3 is 0 Å². The molecule has 5 rings (SSSR count). The predicted octanol–water partition coefficient (Wildman–Crippen LogP) is 9.24. The topological polar surface area (TPSA) is 0 Å². The molecule has 0 N–H and O–H groups in total. The van der Waals surface area contributed by atoms with Crippen LogP contribution in [-0.2, 0) is 0 Å². The molecule has 0 radical (unpaired) electrons. The number of rotatable bonds is 0. The van der Waals surface area contributed by atoms with Crippen molar-refractivity contribution in [2.24, 2.45) is 70.4 Å². The Labute approximate surface area is 195 Å². The van der Waals surface area contributed by atoms with E-state index in [2.05, 4.69) is 125 Å². The molecule has 8 unspecified atom stereocenters. The van der Waals surface area contributed by atoms with Crippen molar-refractivity contribution in [1.82, 2.24) is 0 Å². The van der Waals surface area contributed by atoms with Gasteiger partial charge in [0.15, 0.2) is 0 Å². The van der Waals surface area contributed by atoms with Crippen LogP contribution in [0.3, 0.4) is 0 Å². The molecule has 5 aliphatic carbocycles. The summed E-state index contributed by atoms with van der Waals surface area (Å²) in [7, 11) is 0. The first kappa shape index (κ1) is 22.8. The Bertz CT molecular complexity index is 885. The highest BCUT2D eigenvalue weighted by atomic mass is 15.2. The first-order valence-corrected chi connectivity index (χ1v) is 13.2. The number of fused-ring (bicyclic) bond motifs is 10. The molecule has 0 aromatic carbocycles. The summed E-state index contributed by atoms with van der Waals surface area (Å²) < 4.78 is 0. The summed E-state index contributed by atoms with van der Waals surface area (Å²) in [5.41, 5.74) is 4.12. The van der Waals surface area contributed by atoms with E-state index in [0.29, 0.717) is 54.1 Å². The number of hydrogen-bond acceptors (Lipinski definition) is 0. The van der Waals surface area contributed by atoms with Crippen molar-refractivity contribution in [1.29, 1.82) is 0 Å². The van der Waals surface area contributed by atoms with Crippen LogP contribution in [0.1, 0.15) is 125 Å². The Morgan fingerprint density at radius 3 is 0.452 bits per heavy atom. The van der Waals surface area contributed by atoms with Gasteiger partial charge in [-0.3, -0.25) is 0 Å². The van der Waals surface area contributed by atoms with Crippen LogP contribution in [0, 0.1) is 70.4 Å². The minimum Gasteiger partial charge on any atom is -0.0588 e. The minimum atomic E-state index is 0.266. The maximum atomic E-state index is 2.77. The molecule has 0 aliphatic heterocycles. The van der Waals surface area contributed by atoms with Crippen LogP contribution < -0.4 is 0 Å². The number of hydrogen-bond donors (Lipinski definition) is 0. The lowest BCUT2D eigenvalue weighted by atomic mass is 8.89. The molecular formula is C31H54. The lowest BCUT2D eigenvalue weighted by Gasteiger charge is -3.14. The van der Waals surface area contributed by atoms with Gasteiger partial charge in [-0.2, -0.15) is 0 Å². The smallest absolute Gasteiger partial charge is 0.0131 e. The first-order chi connectivity index (χ1) is 13.2. The highest BCUT2D eigenvalue weighted by Gasteiger charge is 3.14. The largest absolute Gasteiger partial charge is 0.0588 e. The molecule has 0 heterocycles. The van der Waals surface area contributed by atoms with Crippen molar-refractivity contribution in [3.05, 3.63) is 0 Å². The summed E-state index contributed by atoms with van der Waals surface area (Å²) in [5.74, 6) is 0. The zero-order valence-electron chi connectivity index (χ0n) is 24.5. The van der Waals surface area contributed by atoms with Gasteiger partial charge in [0.2, 0.25) is 0 Å². The Kier molecular flexibility index (Phi) is 3.05. The van der Waals surface area contributed by atoms with E-state index in [1.807, 2.05) is 0 Å². The predicted molar refractivity (Wildman–Crippen MR) is 134 cm³/mol. The molecule has 0 aromatic rings. The van der Waals surface area contributed by atoms with Gasteiger partial charge in [-0.25, -0.2) is 0 Å². The fourth-order valence-corrected chi connectivity index (χ4v) is 16.0. The van der Waals surface area contributed by atoms with Crippen molar-refractivity contribution >= 4 is 0 Å². The van der Waals surface area contributed by atoms with Crippen LogP contribution >= 0.6 is 0 Å². The summed E-state index contributed by atoms with van der Waals surface area (Å²) >= 11 is 0. The van der Waals surface area contributed by atoms with Crippen molar-refractivity contribution in [2.75, 3.05) is 0 Å². The summed E-state index contributed by atoms with van der Waals surface area (Å²) in [6.45, 7) is 48.1. The lowest BCUT2D eigenvalue weighted by molar-refractivity contribution is -0.681. The first-order valence-electron chi connectivity index (χ1n) is 13.2. The third kappa shape index (κ3) is 1.00. The highest BCUT2D eigenvalue weighted by molar-refractivity contribution is 5.60. The van der Waals surface area contributed by atoms with Crippen LogP contribution in [-0.4, -0.2) is 0 Å². The fourth-order valence-electron chi connectivity index (χ4n) is 16.0. The maximum Gasteiger partial charge on any atom is -0.0131 e. The molecule has 178 valence electrons. The van der Waals surface area contributed by atoms with Crippen molar-refractivity contribution in [3.63, 3.8) is 0 Å². The third-order valence-electron chi connectivity index (χ3n) is 19.7. The molecule has 8 atom stereocenters. The quantitative estimate of drug-likeness (QED) is 0.338. The van der Waals surface area contributed by atoms with Gasteiger partial charge in [-0.05, 0) is 70.4 Å². The van der Waals surface area contributed by atoms with Crippen molar-refractivity contribution < 1.29 is 0 Å². The second-order valence-electron chi connectivity index (χ2n) is 17.1. The lowest BCUT2D eigenvalue weighted by Crippen LogP contribution is -3.11. The van der Waals surface area contributed by atoms with Crippen molar-refractivity contribution in [2.45, 2.75) is 125 Å². The Morgan fingerprint density at radius 2 is 0.290 bits per heavy atom. The van der Waals surface area contributed by atoms with Gasteiger partial charge in [-0.15, -0.1) is 0 Å². The van der Waals surface area contributed by atoms with Gasteiger partial charge >= 0.3 is 0 Å². The van der Waals surface area contributed by atoms with Crippen LogP contribution in [0.5, 0.6) is 0 Å². The van der Waals surface area contributed by atoms with E-state index >= 15 is 0 Å².